The maximum absolute atomic E-state index is 12.6. The number of nitrogens with one attached hydrogen (secondary N) is 2. The Morgan fingerprint density at radius 1 is 0.917 bits per heavy atom. The van der Waals surface area contributed by atoms with Crippen LogP contribution in [0.25, 0.3) is 0 Å². The van der Waals surface area contributed by atoms with Crippen molar-refractivity contribution in [2.45, 2.75) is 24.7 Å². The van der Waals surface area contributed by atoms with Gasteiger partial charge in [-0.2, -0.15) is 0 Å². The van der Waals surface area contributed by atoms with Crippen LogP contribution < -0.4 is 10.0 Å². The fourth-order valence-electron chi connectivity index (χ4n) is 3.02. The largest absolute Gasteiger partial charge is 0.461 e. The first kappa shape index (κ1) is 26.8. The quantitative estimate of drug-likeness (QED) is 0.385. The van der Waals surface area contributed by atoms with Gasteiger partial charge in [0.15, 0.2) is 0 Å². The lowest BCUT2D eigenvalue weighted by Gasteiger charge is -2.09. The molecule has 0 aliphatic rings. The van der Waals surface area contributed by atoms with Gasteiger partial charge >= 0.3 is 5.97 Å². The highest BCUT2D eigenvalue weighted by molar-refractivity contribution is 7.90. The van der Waals surface area contributed by atoms with Gasteiger partial charge in [-0.15, -0.1) is 0 Å². The summed E-state index contributed by atoms with van der Waals surface area (Å²) in [6, 6.07) is 15.0. The van der Waals surface area contributed by atoms with E-state index in [2.05, 4.69) is 10.3 Å². The topological polar surface area (TPSA) is 132 Å². The zero-order valence-electron chi connectivity index (χ0n) is 19.4. The van der Waals surface area contributed by atoms with E-state index in [0.717, 1.165) is 11.8 Å². The van der Waals surface area contributed by atoms with E-state index in [0.29, 0.717) is 24.4 Å². The second kappa shape index (κ2) is 12.3. The molecule has 0 saturated carbocycles. The Morgan fingerprint density at radius 2 is 1.58 bits per heavy atom. The number of carbonyl (C=O) groups excluding carboxylic acids is 3. The number of amides is 2. The molecule has 1 heterocycles. The van der Waals surface area contributed by atoms with E-state index in [1.54, 1.807) is 12.1 Å². The van der Waals surface area contributed by atoms with Gasteiger partial charge in [-0.1, -0.05) is 30.7 Å². The zero-order valence-corrected chi connectivity index (χ0v) is 20.9. The average Bonchev–Trinajstić information content (AvgIpc) is 2.88. The van der Waals surface area contributed by atoms with E-state index in [-0.39, 0.29) is 34.2 Å². The zero-order chi connectivity index (χ0) is 26.1. The summed E-state index contributed by atoms with van der Waals surface area (Å²) in [6.45, 7) is 2.48. The van der Waals surface area contributed by atoms with Gasteiger partial charge in [0.2, 0.25) is 0 Å². The van der Waals surface area contributed by atoms with Crippen molar-refractivity contribution < 1.29 is 27.5 Å². The molecule has 9 nitrogen and oxygen atoms in total. The van der Waals surface area contributed by atoms with Crippen molar-refractivity contribution in [2.24, 2.45) is 0 Å². The smallest absolute Gasteiger partial charge is 0.356 e. The fraction of sp³-hybridized carbons (Fsp3) is 0.200. The van der Waals surface area contributed by atoms with Crippen LogP contribution in [-0.2, 0) is 21.2 Å². The summed E-state index contributed by atoms with van der Waals surface area (Å²) in [6.07, 6.45) is 2.35. The molecule has 1 aromatic heterocycles. The number of hydrogen-bond acceptors (Lipinski definition) is 7. The van der Waals surface area contributed by atoms with E-state index in [1.807, 2.05) is 23.8 Å². The summed E-state index contributed by atoms with van der Waals surface area (Å²) in [5.41, 5.74) is 1.23. The second-order valence-electron chi connectivity index (χ2n) is 7.66. The molecule has 0 radical (unpaired) electrons. The van der Waals surface area contributed by atoms with Crippen molar-refractivity contribution in [1.29, 1.82) is 0 Å². The third-order valence-corrected chi connectivity index (χ3v) is 6.54. The third-order valence-electron chi connectivity index (χ3n) is 4.94. The highest BCUT2D eigenvalue weighted by atomic mass is 35.5. The standard InChI is InChI=1S/C25H24ClN3O6S/c1-2-15-35-25(32)22-12-7-19(16-28-22)24(31)29-36(33,34)21-10-5-18(6-11-21)23(30)27-14-13-17-3-8-20(26)9-4-17/h3-12,16H,2,13-15H2,1H3,(H,27,30)(H,29,31). The van der Waals surface area contributed by atoms with E-state index >= 15 is 0 Å². The highest BCUT2D eigenvalue weighted by Crippen LogP contribution is 2.13. The molecule has 0 spiro atoms. The second-order valence-corrected chi connectivity index (χ2v) is 9.78. The summed E-state index contributed by atoms with van der Waals surface area (Å²) in [5, 5.41) is 3.40. The molecular formula is C25H24ClN3O6S. The number of benzene rings is 2. The van der Waals surface area contributed by atoms with E-state index in [1.165, 1.54) is 36.4 Å². The molecule has 0 atom stereocenters. The lowest BCUT2D eigenvalue weighted by atomic mass is 10.1. The number of sulfonamides is 1. The van der Waals surface area contributed by atoms with Crippen LogP contribution in [0, 0.1) is 0 Å². The summed E-state index contributed by atoms with van der Waals surface area (Å²) in [7, 11) is -4.21. The Bertz CT molecular complexity index is 1330. The van der Waals surface area contributed by atoms with Crippen LogP contribution in [0.15, 0.2) is 71.8 Å². The van der Waals surface area contributed by atoms with Crippen LogP contribution in [-0.4, -0.2) is 44.3 Å². The number of rotatable bonds is 10. The van der Waals surface area contributed by atoms with Crippen LogP contribution in [0.5, 0.6) is 0 Å². The summed E-state index contributed by atoms with van der Waals surface area (Å²) in [4.78, 5) is 40.2. The SMILES string of the molecule is CCCOC(=O)c1ccc(C(=O)NS(=O)(=O)c2ccc(C(=O)NCCc3ccc(Cl)cc3)cc2)cn1. The summed E-state index contributed by atoms with van der Waals surface area (Å²) in [5.74, 6) is -1.91. The molecule has 0 unspecified atom stereocenters. The van der Waals surface area contributed by atoms with Crippen LogP contribution in [0.4, 0.5) is 0 Å². The van der Waals surface area contributed by atoms with Crippen molar-refractivity contribution in [1.82, 2.24) is 15.0 Å². The first-order valence-corrected chi connectivity index (χ1v) is 12.9. The molecular weight excluding hydrogens is 506 g/mol. The number of ether oxygens (including phenoxy) is 1. The Labute approximate surface area is 213 Å². The lowest BCUT2D eigenvalue weighted by Crippen LogP contribution is -2.31. The number of carbonyl (C=O) groups is 3. The maximum atomic E-state index is 12.6. The lowest BCUT2D eigenvalue weighted by molar-refractivity contribution is 0.0497. The number of pyridine rings is 1. The molecule has 11 heteroatoms. The molecule has 36 heavy (non-hydrogen) atoms. The number of aromatic nitrogens is 1. The summed E-state index contributed by atoms with van der Waals surface area (Å²) >= 11 is 5.86. The summed E-state index contributed by atoms with van der Waals surface area (Å²) < 4.78 is 32.1. The minimum Gasteiger partial charge on any atom is -0.461 e. The Morgan fingerprint density at radius 3 is 2.19 bits per heavy atom. The number of hydrogen-bond donors (Lipinski definition) is 2. The van der Waals surface area contributed by atoms with E-state index < -0.39 is 21.9 Å². The molecule has 0 aliphatic carbocycles. The van der Waals surface area contributed by atoms with Crippen molar-refractivity contribution in [3.63, 3.8) is 0 Å². The molecule has 2 aromatic carbocycles. The van der Waals surface area contributed by atoms with Gasteiger partial charge in [-0.25, -0.2) is 22.9 Å². The van der Waals surface area contributed by atoms with Gasteiger partial charge in [-0.3, -0.25) is 9.59 Å². The average molecular weight is 530 g/mol. The van der Waals surface area contributed by atoms with Gasteiger partial charge in [0.25, 0.3) is 21.8 Å². The van der Waals surface area contributed by atoms with Gasteiger partial charge in [-0.05, 0) is 66.9 Å². The van der Waals surface area contributed by atoms with Gasteiger partial charge in [0.1, 0.15) is 5.69 Å². The third kappa shape index (κ3) is 7.37. The molecule has 188 valence electrons. The fourth-order valence-corrected chi connectivity index (χ4v) is 4.12. The Balaban J connectivity index is 1.56. The highest BCUT2D eigenvalue weighted by Gasteiger charge is 2.20. The monoisotopic (exact) mass is 529 g/mol. The van der Waals surface area contributed by atoms with Crippen molar-refractivity contribution in [2.75, 3.05) is 13.2 Å². The van der Waals surface area contributed by atoms with Crippen molar-refractivity contribution in [3.8, 4) is 0 Å². The van der Waals surface area contributed by atoms with Crippen LogP contribution in [0.3, 0.4) is 0 Å². The van der Waals surface area contributed by atoms with Crippen molar-refractivity contribution >= 4 is 39.4 Å². The van der Waals surface area contributed by atoms with E-state index in [9.17, 15) is 22.8 Å². The molecule has 2 amide bonds. The van der Waals surface area contributed by atoms with Gasteiger partial charge in [0.05, 0.1) is 17.1 Å². The first-order chi connectivity index (χ1) is 17.2. The maximum Gasteiger partial charge on any atom is 0.356 e. The number of halogens is 1. The Hall–Kier alpha value is -3.76. The predicted molar refractivity (Wildman–Crippen MR) is 133 cm³/mol. The minimum atomic E-state index is -4.21. The van der Waals surface area contributed by atoms with E-state index in [4.69, 9.17) is 16.3 Å². The predicted octanol–water partition coefficient (Wildman–Crippen LogP) is 3.39. The number of esters is 1. The van der Waals surface area contributed by atoms with Crippen LogP contribution in [0.2, 0.25) is 5.02 Å². The minimum absolute atomic E-state index is 0.00453. The van der Waals surface area contributed by atoms with Gasteiger partial charge < -0.3 is 10.1 Å². The molecule has 0 aliphatic heterocycles. The van der Waals surface area contributed by atoms with Gasteiger partial charge in [0, 0.05) is 23.3 Å². The van der Waals surface area contributed by atoms with Crippen LogP contribution in [0.1, 0.15) is 50.1 Å². The Kier molecular flexibility index (Phi) is 9.15. The van der Waals surface area contributed by atoms with Crippen molar-refractivity contribution in [3.05, 3.63) is 94.3 Å². The molecule has 2 N–H and O–H groups in total. The molecule has 0 saturated heterocycles. The molecule has 0 fully saturated rings. The normalized spacial score (nSPS) is 10.9. The molecule has 3 aromatic rings. The first-order valence-electron chi connectivity index (χ1n) is 11.0. The van der Waals surface area contributed by atoms with Crippen LogP contribution >= 0.6 is 11.6 Å². The number of nitrogens with zero attached hydrogens (tertiary/aromatic N) is 1. The molecule has 0 bridgehead atoms. The molecule has 3 rings (SSSR count).